The highest BCUT2D eigenvalue weighted by molar-refractivity contribution is 6.03. The maximum absolute atomic E-state index is 13.0. The molecule has 2 amide bonds. The van der Waals surface area contributed by atoms with Gasteiger partial charge in [0.15, 0.2) is 0 Å². The van der Waals surface area contributed by atoms with Crippen LogP contribution in [0.15, 0.2) is 54.7 Å². The van der Waals surface area contributed by atoms with Crippen LogP contribution in [0.25, 0.3) is 10.9 Å². The first-order valence-corrected chi connectivity index (χ1v) is 10.4. The van der Waals surface area contributed by atoms with Gasteiger partial charge in [0.1, 0.15) is 5.75 Å². The zero-order chi connectivity index (χ0) is 21.8. The number of rotatable bonds is 8. The van der Waals surface area contributed by atoms with E-state index in [1.54, 1.807) is 19.1 Å². The third-order valence-electron chi connectivity index (χ3n) is 5.75. The van der Waals surface area contributed by atoms with Crippen LogP contribution in [-0.4, -0.2) is 48.7 Å². The number of para-hydroxylation sites is 1. The van der Waals surface area contributed by atoms with Crippen molar-refractivity contribution >= 4 is 28.4 Å². The van der Waals surface area contributed by atoms with Gasteiger partial charge in [-0.3, -0.25) is 9.59 Å². The van der Waals surface area contributed by atoms with Crippen LogP contribution in [0.3, 0.4) is 0 Å². The fourth-order valence-corrected chi connectivity index (χ4v) is 4.09. The minimum Gasteiger partial charge on any atom is -0.496 e. The van der Waals surface area contributed by atoms with Crippen molar-refractivity contribution in [3.05, 3.63) is 60.3 Å². The van der Waals surface area contributed by atoms with Crippen LogP contribution in [0.1, 0.15) is 12.0 Å². The molecule has 3 aromatic rings. The molecule has 1 aromatic heterocycles. The summed E-state index contributed by atoms with van der Waals surface area (Å²) in [5.74, 6) is 0.212. The summed E-state index contributed by atoms with van der Waals surface area (Å²) in [6.45, 7) is 2.19. The van der Waals surface area contributed by atoms with Gasteiger partial charge in [-0.25, -0.2) is 0 Å². The number of anilines is 1. The fraction of sp³-hybridized carbons (Fsp3) is 0.333. The maximum atomic E-state index is 13.0. The molecular formula is C24H27N3O4. The number of ether oxygens (including phenoxy) is 2. The molecule has 0 bridgehead atoms. The Balaban J connectivity index is 1.45. The Morgan fingerprint density at radius 3 is 2.77 bits per heavy atom. The Kier molecular flexibility index (Phi) is 6.23. The number of methoxy groups -OCH3 is 2. The van der Waals surface area contributed by atoms with Crippen LogP contribution >= 0.6 is 0 Å². The highest BCUT2D eigenvalue weighted by Gasteiger charge is 2.34. The Morgan fingerprint density at radius 1 is 1.13 bits per heavy atom. The van der Waals surface area contributed by atoms with Gasteiger partial charge in [0.05, 0.1) is 30.8 Å². The zero-order valence-electron chi connectivity index (χ0n) is 17.8. The van der Waals surface area contributed by atoms with E-state index in [9.17, 15) is 9.59 Å². The lowest BCUT2D eigenvalue weighted by Crippen LogP contribution is -2.28. The molecule has 4 rings (SSSR count). The lowest BCUT2D eigenvalue weighted by atomic mass is 10.1. The van der Waals surface area contributed by atoms with Crippen molar-refractivity contribution in [2.24, 2.45) is 5.92 Å². The van der Waals surface area contributed by atoms with Gasteiger partial charge >= 0.3 is 0 Å². The van der Waals surface area contributed by atoms with E-state index in [0.717, 1.165) is 34.4 Å². The molecule has 2 aromatic carbocycles. The van der Waals surface area contributed by atoms with Crippen molar-refractivity contribution in [3.63, 3.8) is 0 Å². The van der Waals surface area contributed by atoms with Crippen LogP contribution < -0.4 is 10.1 Å². The molecule has 0 aliphatic carbocycles. The molecule has 0 spiro atoms. The van der Waals surface area contributed by atoms with Crippen LogP contribution in [-0.2, 0) is 27.4 Å². The van der Waals surface area contributed by atoms with E-state index >= 15 is 0 Å². The van der Waals surface area contributed by atoms with Crippen molar-refractivity contribution in [2.75, 3.05) is 32.7 Å². The maximum Gasteiger partial charge on any atom is 0.229 e. The molecule has 7 nitrogen and oxygen atoms in total. The van der Waals surface area contributed by atoms with Gasteiger partial charge < -0.3 is 24.3 Å². The molecule has 31 heavy (non-hydrogen) atoms. The summed E-state index contributed by atoms with van der Waals surface area (Å²) in [7, 11) is 3.29. The summed E-state index contributed by atoms with van der Waals surface area (Å²) < 4.78 is 12.7. The fourth-order valence-electron chi connectivity index (χ4n) is 4.09. The van der Waals surface area contributed by atoms with Crippen molar-refractivity contribution < 1.29 is 19.1 Å². The van der Waals surface area contributed by atoms with E-state index in [1.165, 1.54) is 0 Å². The smallest absolute Gasteiger partial charge is 0.229 e. The predicted octanol–water partition coefficient (Wildman–Crippen LogP) is 3.28. The third-order valence-corrected chi connectivity index (χ3v) is 5.75. The summed E-state index contributed by atoms with van der Waals surface area (Å²) >= 11 is 0. The second-order valence-electron chi connectivity index (χ2n) is 7.72. The number of carbonyl (C=O) groups excluding carboxylic acids is 2. The number of nitrogens with zero attached hydrogens (tertiary/aromatic N) is 2. The lowest BCUT2D eigenvalue weighted by molar-refractivity contribution is -0.128. The van der Waals surface area contributed by atoms with E-state index < -0.39 is 0 Å². The molecule has 1 fully saturated rings. The van der Waals surface area contributed by atoms with Crippen molar-refractivity contribution in [1.82, 2.24) is 9.47 Å². The Morgan fingerprint density at radius 2 is 1.97 bits per heavy atom. The Hall–Kier alpha value is -3.32. The second-order valence-corrected chi connectivity index (χ2v) is 7.72. The predicted molar refractivity (Wildman–Crippen MR) is 119 cm³/mol. The minimum atomic E-state index is -0.381. The molecule has 0 radical (unpaired) electrons. The minimum absolute atomic E-state index is 0.0185. The quantitative estimate of drug-likeness (QED) is 0.606. The molecular weight excluding hydrogens is 394 g/mol. The monoisotopic (exact) mass is 421 g/mol. The van der Waals surface area contributed by atoms with E-state index in [1.807, 2.05) is 54.7 Å². The van der Waals surface area contributed by atoms with Crippen LogP contribution in [0, 0.1) is 5.92 Å². The number of hydrogen-bond acceptors (Lipinski definition) is 4. The van der Waals surface area contributed by atoms with Crippen LogP contribution in [0.2, 0.25) is 0 Å². The number of nitrogens with one attached hydrogen (secondary N) is 1. The van der Waals surface area contributed by atoms with E-state index in [2.05, 4.69) is 9.88 Å². The molecule has 7 heteroatoms. The molecule has 1 N–H and O–H groups in total. The topological polar surface area (TPSA) is 72.8 Å². The number of hydrogen-bond donors (Lipinski definition) is 1. The van der Waals surface area contributed by atoms with Gasteiger partial charge in [-0.1, -0.05) is 24.3 Å². The summed E-state index contributed by atoms with van der Waals surface area (Å²) in [6.07, 6.45) is 2.21. The Bertz CT molecular complexity index is 1090. The molecule has 1 saturated heterocycles. The highest BCUT2D eigenvalue weighted by Crippen LogP contribution is 2.28. The number of fused-ring (bicyclic) bond motifs is 1. The first-order valence-electron chi connectivity index (χ1n) is 10.4. The standard InChI is InChI=1S/C24H27N3O4/c1-30-13-12-26-11-10-19-20(7-5-8-21(19)26)25-24(29)18-14-23(28)27(16-18)15-17-6-3-4-9-22(17)31-2/h3-11,18H,12-16H2,1-2H3,(H,25,29)/t18-/m0/s1. The lowest BCUT2D eigenvalue weighted by Gasteiger charge is -2.18. The summed E-state index contributed by atoms with van der Waals surface area (Å²) in [5, 5.41) is 4.01. The van der Waals surface area contributed by atoms with Gasteiger partial charge in [-0.2, -0.15) is 0 Å². The van der Waals surface area contributed by atoms with Gasteiger partial charge in [-0.15, -0.1) is 0 Å². The van der Waals surface area contributed by atoms with Gasteiger partial charge in [0.25, 0.3) is 0 Å². The number of benzene rings is 2. The van der Waals surface area contributed by atoms with Crippen molar-refractivity contribution in [1.29, 1.82) is 0 Å². The first-order chi connectivity index (χ1) is 15.1. The molecule has 2 heterocycles. The van der Waals surface area contributed by atoms with Gasteiger partial charge in [-0.05, 0) is 24.3 Å². The molecule has 1 atom stereocenters. The summed E-state index contributed by atoms with van der Waals surface area (Å²) in [5.41, 5.74) is 2.73. The van der Waals surface area contributed by atoms with E-state index in [-0.39, 0.29) is 24.2 Å². The van der Waals surface area contributed by atoms with Gasteiger partial charge in [0.2, 0.25) is 11.8 Å². The van der Waals surface area contributed by atoms with Crippen molar-refractivity contribution in [2.45, 2.75) is 19.5 Å². The van der Waals surface area contributed by atoms with E-state index in [4.69, 9.17) is 9.47 Å². The second kappa shape index (κ2) is 9.22. The molecule has 1 aliphatic heterocycles. The first kappa shape index (κ1) is 20.9. The average Bonchev–Trinajstić information content (AvgIpc) is 3.37. The molecule has 162 valence electrons. The zero-order valence-corrected chi connectivity index (χ0v) is 17.8. The van der Waals surface area contributed by atoms with Crippen LogP contribution in [0.5, 0.6) is 5.75 Å². The largest absolute Gasteiger partial charge is 0.496 e. The van der Waals surface area contributed by atoms with E-state index in [0.29, 0.717) is 19.7 Å². The van der Waals surface area contributed by atoms with Crippen molar-refractivity contribution in [3.8, 4) is 5.75 Å². The average molecular weight is 421 g/mol. The van der Waals surface area contributed by atoms with Gasteiger partial charge in [0, 0.05) is 50.3 Å². The van der Waals surface area contributed by atoms with Crippen LogP contribution in [0.4, 0.5) is 5.69 Å². The number of likely N-dealkylation sites (tertiary alicyclic amines) is 1. The highest BCUT2D eigenvalue weighted by atomic mass is 16.5. The third kappa shape index (κ3) is 4.41. The molecule has 0 saturated carbocycles. The number of amides is 2. The SMILES string of the molecule is COCCn1ccc2c(NC(=O)[C@H]3CC(=O)N(Cc4ccccc4OC)C3)cccc21. The number of carbonyl (C=O) groups is 2. The molecule has 1 aliphatic rings. The number of aromatic nitrogens is 1. The summed E-state index contributed by atoms with van der Waals surface area (Å²) in [4.78, 5) is 27.2. The normalized spacial score (nSPS) is 16.1. The molecule has 0 unspecified atom stereocenters. The summed E-state index contributed by atoms with van der Waals surface area (Å²) in [6, 6.07) is 15.5. The Labute approximate surface area is 181 Å².